The van der Waals surface area contributed by atoms with E-state index >= 15 is 0 Å². The van der Waals surface area contributed by atoms with E-state index in [1.54, 1.807) is 24.3 Å². The number of aryl methyl sites for hydroxylation is 1. The summed E-state index contributed by atoms with van der Waals surface area (Å²) in [6.45, 7) is 8.79. The van der Waals surface area contributed by atoms with Crippen LogP contribution in [0, 0.1) is 6.92 Å². The van der Waals surface area contributed by atoms with Crippen LogP contribution in [0.25, 0.3) is 10.9 Å². The van der Waals surface area contributed by atoms with Crippen molar-refractivity contribution in [2.45, 2.75) is 25.3 Å². The van der Waals surface area contributed by atoms with Crippen molar-refractivity contribution in [3.05, 3.63) is 94.6 Å². The molecule has 0 atom stereocenters. The number of aromatic nitrogens is 1. The van der Waals surface area contributed by atoms with Crippen LogP contribution in [-0.4, -0.2) is 61.4 Å². The van der Waals surface area contributed by atoms with Crippen LogP contribution in [0.15, 0.2) is 77.7 Å². The molecule has 1 saturated heterocycles. The Morgan fingerprint density at radius 3 is 2.37 bits per heavy atom. The second kappa shape index (κ2) is 10.8. The zero-order valence-electron chi connectivity index (χ0n) is 21.5. The Labute approximate surface area is 228 Å². The first-order valence-corrected chi connectivity index (χ1v) is 14.6. The summed E-state index contributed by atoms with van der Waals surface area (Å²) in [7, 11) is -3.79. The molecule has 0 saturated carbocycles. The summed E-state index contributed by atoms with van der Waals surface area (Å²) >= 11 is 5.92. The molecule has 0 spiro atoms. The van der Waals surface area contributed by atoms with Gasteiger partial charge in [0.15, 0.2) is 0 Å². The van der Waals surface area contributed by atoms with Crippen LogP contribution in [0.2, 0.25) is 5.02 Å². The fraction of sp³-hybridized carbons (Fsp3) is 0.276. The number of nitrogens with one attached hydrogen (secondary N) is 1. The van der Waals surface area contributed by atoms with E-state index in [1.165, 1.54) is 12.1 Å². The molecule has 0 radical (unpaired) electrons. The van der Waals surface area contributed by atoms with Gasteiger partial charge >= 0.3 is 0 Å². The minimum atomic E-state index is -3.79. The maximum atomic E-state index is 13.7. The Bertz CT molecular complexity index is 1570. The summed E-state index contributed by atoms with van der Waals surface area (Å²) in [6, 6.07) is 21.5. The first-order valence-electron chi connectivity index (χ1n) is 12.7. The van der Waals surface area contributed by atoms with Gasteiger partial charge in [-0.25, -0.2) is 8.42 Å². The number of hydrogen-bond donors (Lipinski definition) is 1. The largest absolute Gasteiger partial charge is 0.335 e. The smallest absolute Gasteiger partial charge is 0.270 e. The summed E-state index contributed by atoms with van der Waals surface area (Å²) in [6.07, 6.45) is 0. The van der Waals surface area contributed by atoms with Crippen molar-refractivity contribution < 1.29 is 13.2 Å². The number of fused-ring (bicyclic) bond motifs is 1. The number of carbonyl (C=O) groups is 1. The lowest BCUT2D eigenvalue weighted by molar-refractivity contribution is 0.0633. The standard InChI is InChI=1S/C29H31ClN4O3S/c1-3-32-13-15-33(16-14-32)29(35)28-19-23-18-25(31-38(36,37)26-10-7-24(30)8-11-26)9-12-27(23)34(28)20-22-6-4-5-21(2)17-22/h4-12,17-19,31H,3,13-16,20H2,1-2H3. The van der Waals surface area contributed by atoms with Crippen LogP contribution in [0.4, 0.5) is 5.69 Å². The molecule has 1 aliphatic rings. The van der Waals surface area contributed by atoms with Crippen LogP contribution in [0.5, 0.6) is 0 Å². The minimum absolute atomic E-state index is 0.00657. The van der Waals surface area contributed by atoms with Crippen molar-refractivity contribution in [2.75, 3.05) is 37.4 Å². The van der Waals surface area contributed by atoms with E-state index in [2.05, 4.69) is 41.7 Å². The maximum absolute atomic E-state index is 13.7. The quantitative estimate of drug-likeness (QED) is 0.342. The number of sulfonamides is 1. The van der Waals surface area contributed by atoms with Crippen LogP contribution in [0.1, 0.15) is 28.5 Å². The molecule has 38 heavy (non-hydrogen) atoms. The molecule has 7 nitrogen and oxygen atoms in total. The summed E-state index contributed by atoms with van der Waals surface area (Å²) < 4.78 is 30.6. The number of anilines is 1. The highest BCUT2D eigenvalue weighted by Gasteiger charge is 2.25. The highest BCUT2D eigenvalue weighted by atomic mass is 35.5. The van der Waals surface area contributed by atoms with Gasteiger partial charge in [0.2, 0.25) is 0 Å². The summed E-state index contributed by atoms with van der Waals surface area (Å²) in [5, 5.41) is 1.26. The van der Waals surface area contributed by atoms with Crippen molar-refractivity contribution in [1.29, 1.82) is 0 Å². The van der Waals surface area contributed by atoms with Crippen molar-refractivity contribution in [2.24, 2.45) is 0 Å². The number of amides is 1. The molecule has 198 valence electrons. The van der Waals surface area contributed by atoms with Crippen molar-refractivity contribution in [3.8, 4) is 0 Å². The SMILES string of the molecule is CCN1CCN(C(=O)c2cc3cc(NS(=O)(=O)c4ccc(Cl)cc4)ccc3n2Cc2cccc(C)c2)CC1. The fourth-order valence-electron chi connectivity index (χ4n) is 4.93. The molecule has 1 aliphatic heterocycles. The zero-order valence-corrected chi connectivity index (χ0v) is 23.1. The van der Waals surface area contributed by atoms with Gasteiger partial charge in [0.05, 0.1) is 4.90 Å². The third kappa shape index (κ3) is 5.57. The Balaban J connectivity index is 1.50. The van der Waals surface area contributed by atoms with Gasteiger partial charge in [-0.2, -0.15) is 0 Å². The van der Waals surface area contributed by atoms with Gasteiger partial charge in [0, 0.05) is 54.3 Å². The van der Waals surface area contributed by atoms with E-state index in [4.69, 9.17) is 11.6 Å². The number of rotatable bonds is 7. The molecule has 0 bridgehead atoms. The number of carbonyl (C=O) groups excluding carboxylic acids is 1. The van der Waals surface area contributed by atoms with Gasteiger partial charge in [-0.15, -0.1) is 0 Å². The Hall–Kier alpha value is -3.33. The molecule has 0 unspecified atom stereocenters. The molecule has 1 fully saturated rings. The van der Waals surface area contributed by atoms with Gasteiger partial charge in [0.25, 0.3) is 15.9 Å². The molecule has 1 amide bonds. The van der Waals surface area contributed by atoms with Gasteiger partial charge < -0.3 is 14.4 Å². The average Bonchev–Trinajstić information content (AvgIpc) is 3.25. The molecule has 9 heteroatoms. The fourth-order valence-corrected chi connectivity index (χ4v) is 6.11. The van der Waals surface area contributed by atoms with E-state index in [0.717, 1.165) is 41.7 Å². The molecule has 4 aromatic rings. The first kappa shape index (κ1) is 26.3. The second-order valence-electron chi connectivity index (χ2n) is 9.66. The lowest BCUT2D eigenvalue weighted by Crippen LogP contribution is -2.48. The zero-order chi connectivity index (χ0) is 26.9. The summed E-state index contributed by atoms with van der Waals surface area (Å²) in [5.41, 5.74) is 4.15. The molecule has 1 aromatic heterocycles. The highest BCUT2D eigenvalue weighted by Crippen LogP contribution is 2.28. The van der Waals surface area contributed by atoms with E-state index in [1.807, 2.05) is 27.7 Å². The molecule has 2 heterocycles. The lowest BCUT2D eigenvalue weighted by Gasteiger charge is -2.34. The van der Waals surface area contributed by atoms with Gasteiger partial charge in [-0.1, -0.05) is 48.4 Å². The van der Waals surface area contributed by atoms with Crippen LogP contribution < -0.4 is 4.72 Å². The summed E-state index contributed by atoms with van der Waals surface area (Å²) in [4.78, 5) is 18.1. The van der Waals surface area contributed by atoms with Crippen molar-refractivity contribution in [3.63, 3.8) is 0 Å². The van der Waals surface area contributed by atoms with Crippen molar-refractivity contribution >= 4 is 44.1 Å². The normalized spacial score (nSPS) is 14.7. The number of piperazine rings is 1. The minimum Gasteiger partial charge on any atom is -0.335 e. The average molecular weight is 551 g/mol. The van der Waals surface area contributed by atoms with Crippen LogP contribution in [0.3, 0.4) is 0 Å². The van der Waals surface area contributed by atoms with Crippen LogP contribution in [-0.2, 0) is 16.6 Å². The Kier molecular flexibility index (Phi) is 7.47. The number of nitrogens with zero attached hydrogens (tertiary/aromatic N) is 3. The Morgan fingerprint density at radius 2 is 1.68 bits per heavy atom. The van der Waals surface area contributed by atoms with E-state index in [9.17, 15) is 13.2 Å². The summed E-state index contributed by atoms with van der Waals surface area (Å²) in [5.74, 6) is -0.00657. The molecule has 1 N–H and O–H groups in total. The number of halogens is 1. The third-order valence-corrected chi connectivity index (χ3v) is 8.68. The molecular formula is C29H31ClN4O3S. The topological polar surface area (TPSA) is 74.7 Å². The number of hydrogen-bond acceptors (Lipinski definition) is 4. The van der Waals surface area contributed by atoms with E-state index in [-0.39, 0.29) is 10.8 Å². The van der Waals surface area contributed by atoms with E-state index in [0.29, 0.717) is 36.0 Å². The Morgan fingerprint density at radius 1 is 0.947 bits per heavy atom. The highest BCUT2D eigenvalue weighted by molar-refractivity contribution is 7.92. The van der Waals surface area contributed by atoms with Crippen molar-refractivity contribution in [1.82, 2.24) is 14.4 Å². The third-order valence-electron chi connectivity index (χ3n) is 7.03. The van der Waals surface area contributed by atoms with Gasteiger partial charge in [-0.3, -0.25) is 9.52 Å². The number of benzene rings is 3. The monoisotopic (exact) mass is 550 g/mol. The van der Waals surface area contributed by atoms with E-state index < -0.39 is 10.0 Å². The second-order valence-corrected chi connectivity index (χ2v) is 11.8. The first-order chi connectivity index (χ1) is 18.2. The molecule has 3 aromatic carbocycles. The van der Waals surface area contributed by atoms with Crippen LogP contribution >= 0.6 is 11.6 Å². The molecule has 0 aliphatic carbocycles. The molecular weight excluding hydrogens is 520 g/mol. The predicted octanol–water partition coefficient (Wildman–Crippen LogP) is 5.23. The predicted molar refractivity (Wildman–Crippen MR) is 152 cm³/mol. The lowest BCUT2D eigenvalue weighted by atomic mass is 10.1. The molecule has 5 rings (SSSR count). The maximum Gasteiger partial charge on any atom is 0.270 e. The number of likely N-dealkylation sites (N-methyl/N-ethyl adjacent to an activating group) is 1. The van der Waals surface area contributed by atoms with Gasteiger partial charge in [0.1, 0.15) is 5.69 Å². The van der Waals surface area contributed by atoms with Gasteiger partial charge in [-0.05, 0) is 67.6 Å².